The summed E-state index contributed by atoms with van der Waals surface area (Å²) in [5, 5.41) is 16.0. The molecule has 1 aromatic heterocycles. The number of non-ortho nitro benzene ring substituents is 1. The topological polar surface area (TPSA) is 109 Å². The van der Waals surface area contributed by atoms with E-state index in [1.54, 1.807) is 30.3 Å². The molecule has 0 radical (unpaired) electrons. The molecule has 1 heterocycles. The molecular formula is C26H21Br2ClN4O5. The fourth-order valence-corrected chi connectivity index (χ4v) is 4.69. The van der Waals surface area contributed by atoms with Crippen molar-refractivity contribution < 1.29 is 14.4 Å². The molecule has 12 heteroatoms. The lowest BCUT2D eigenvalue weighted by Crippen LogP contribution is -2.22. The highest BCUT2D eigenvalue weighted by Gasteiger charge is 2.18. The first-order chi connectivity index (χ1) is 18.2. The van der Waals surface area contributed by atoms with E-state index in [2.05, 4.69) is 41.9 Å². The summed E-state index contributed by atoms with van der Waals surface area (Å²) in [6.45, 7) is 2.12. The van der Waals surface area contributed by atoms with Crippen LogP contribution < -0.4 is 15.0 Å². The number of halogens is 3. The Morgan fingerprint density at radius 3 is 2.58 bits per heavy atom. The van der Waals surface area contributed by atoms with E-state index in [1.807, 2.05) is 13.0 Å². The van der Waals surface area contributed by atoms with Gasteiger partial charge in [-0.3, -0.25) is 14.9 Å². The number of ether oxygens (including phenoxy) is 2. The largest absolute Gasteiger partial charge is 0.493 e. The Labute approximate surface area is 239 Å². The van der Waals surface area contributed by atoms with Gasteiger partial charge >= 0.3 is 0 Å². The van der Waals surface area contributed by atoms with Gasteiger partial charge < -0.3 is 9.47 Å². The van der Waals surface area contributed by atoms with E-state index in [1.165, 1.54) is 30.1 Å². The smallest absolute Gasteiger partial charge is 0.282 e. The molecule has 38 heavy (non-hydrogen) atoms. The zero-order valence-corrected chi connectivity index (χ0v) is 24.2. The van der Waals surface area contributed by atoms with Gasteiger partial charge in [-0.2, -0.15) is 9.78 Å². The molecule has 0 aliphatic rings. The number of methoxy groups -OCH3 is 1. The zero-order chi connectivity index (χ0) is 27.4. The van der Waals surface area contributed by atoms with Crippen LogP contribution in [0.25, 0.3) is 10.9 Å². The standard InChI is InChI=1S/C26H21Br2ClN4O5/c1-3-4-22-31-20-10-7-17(27)12-19(20)26(34)32(22)30-13-16-11-21(37-2)25(24(29)23(16)28)38-14-15-5-8-18(9-6-15)33(35)36/h5-13H,3-4,14H2,1-2H3. The maximum absolute atomic E-state index is 13.3. The molecule has 0 aliphatic carbocycles. The fraction of sp³-hybridized carbons (Fsp3) is 0.192. The van der Waals surface area contributed by atoms with Crippen molar-refractivity contribution in [3.05, 3.63) is 99.9 Å². The van der Waals surface area contributed by atoms with Crippen LogP contribution in [0.1, 0.15) is 30.3 Å². The van der Waals surface area contributed by atoms with Crippen LogP contribution in [0.5, 0.6) is 11.5 Å². The third-order valence-corrected chi connectivity index (χ3v) is 7.50. The van der Waals surface area contributed by atoms with Gasteiger partial charge in [0.25, 0.3) is 11.2 Å². The first-order valence-electron chi connectivity index (χ1n) is 11.4. The van der Waals surface area contributed by atoms with Crippen LogP contribution in [-0.4, -0.2) is 27.9 Å². The summed E-state index contributed by atoms with van der Waals surface area (Å²) < 4.78 is 14.0. The molecule has 4 aromatic rings. The van der Waals surface area contributed by atoms with Crippen LogP contribution in [0.3, 0.4) is 0 Å². The molecule has 0 amide bonds. The van der Waals surface area contributed by atoms with Crippen molar-refractivity contribution >= 4 is 66.3 Å². The Morgan fingerprint density at radius 2 is 1.92 bits per heavy atom. The summed E-state index contributed by atoms with van der Waals surface area (Å²) in [5.41, 5.74) is 1.58. The molecule has 0 atom stereocenters. The van der Waals surface area contributed by atoms with Gasteiger partial charge in [-0.25, -0.2) is 4.98 Å². The molecule has 0 bridgehead atoms. The number of aromatic nitrogens is 2. The first-order valence-corrected chi connectivity index (χ1v) is 13.4. The second-order valence-corrected chi connectivity index (χ2v) is 10.2. The highest BCUT2D eigenvalue weighted by atomic mass is 79.9. The minimum atomic E-state index is -0.464. The average molecular weight is 665 g/mol. The maximum atomic E-state index is 13.3. The number of benzene rings is 3. The number of aryl methyl sites for hydroxylation is 1. The van der Waals surface area contributed by atoms with Crippen molar-refractivity contribution in [2.75, 3.05) is 7.11 Å². The van der Waals surface area contributed by atoms with Crippen LogP contribution >= 0.6 is 43.5 Å². The second kappa shape index (κ2) is 12.1. The molecule has 9 nitrogen and oxygen atoms in total. The van der Waals surface area contributed by atoms with Gasteiger partial charge in [-0.05, 0) is 64.3 Å². The van der Waals surface area contributed by atoms with Gasteiger partial charge in [-0.15, -0.1) is 0 Å². The van der Waals surface area contributed by atoms with Crippen LogP contribution in [0.15, 0.2) is 67.4 Å². The first kappa shape index (κ1) is 27.7. The van der Waals surface area contributed by atoms with Crippen LogP contribution in [0, 0.1) is 10.1 Å². The predicted molar refractivity (Wildman–Crippen MR) is 154 cm³/mol. The fourth-order valence-electron chi connectivity index (χ4n) is 3.67. The summed E-state index contributed by atoms with van der Waals surface area (Å²) in [5.74, 6) is 1.18. The van der Waals surface area contributed by atoms with Crippen molar-refractivity contribution in [2.24, 2.45) is 5.10 Å². The normalized spacial score (nSPS) is 11.3. The monoisotopic (exact) mass is 662 g/mol. The summed E-state index contributed by atoms with van der Waals surface area (Å²) >= 11 is 13.5. The minimum Gasteiger partial charge on any atom is -0.493 e. The Hall–Kier alpha value is -3.28. The SMILES string of the molecule is CCCc1nc2ccc(Br)cc2c(=O)n1N=Cc1cc(OC)c(OCc2ccc([N+](=O)[O-])cc2)c(Cl)c1Br. The van der Waals surface area contributed by atoms with E-state index in [0.29, 0.717) is 44.5 Å². The number of nitrogens with zero attached hydrogens (tertiary/aromatic N) is 4. The number of fused-ring (bicyclic) bond motifs is 1. The van der Waals surface area contributed by atoms with E-state index in [9.17, 15) is 14.9 Å². The van der Waals surface area contributed by atoms with Gasteiger partial charge in [-0.1, -0.05) is 34.5 Å². The van der Waals surface area contributed by atoms with Crippen molar-refractivity contribution in [3.63, 3.8) is 0 Å². The lowest BCUT2D eigenvalue weighted by molar-refractivity contribution is -0.384. The number of nitro benzene ring substituents is 1. The third kappa shape index (κ3) is 5.90. The number of rotatable bonds is 9. The van der Waals surface area contributed by atoms with Gasteiger partial charge in [0.2, 0.25) is 0 Å². The quantitative estimate of drug-likeness (QED) is 0.109. The lowest BCUT2D eigenvalue weighted by atomic mass is 10.2. The molecule has 0 saturated heterocycles. The molecule has 3 aromatic carbocycles. The van der Waals surface area contributed by atoms with E-state index >= 15 is 0 Å². The molecular weight excluding hydrogens is 644 g/mol. The van der Waals surface area contributed by atoms with Gasteiger partial charge in [0, 0.05) is 33.1 Å². The van der Waals surface area contributed by atoms with E-state index in [0.717, 1.165) is 10.9 Å². The van der Waals surface area contributed by atoms with Gasteiger partial charge in [0.1, 0.15) is 17.5 Å². The summed E-state index contributed by atoms with van der Waals surface area (Å²) in [7, 11) is 1.48. The molecule has 0 unspecified atom stereocenters. The second-order valence-electron chi connectivity index (χ2n) is 8.14. The van der Waals surface area contributed by atoms with Crippen molar-refractivity contribution in [2.45, 2.75) is 26.4 Å². The molecule has 4 rings (SSSR count). The maximum Gasteiger partial charge on any atom is 0.282 e. The molecule has 196 valence electrons. The van der Waals surface area contributed by atoms with Gasteiger partial charge in [0.05, 0.1) is 29.2 Å². The van der Waals surface area contributed by atoms with Crippen molar-refractivity contribution in [3.8, 4) is 11.5 Å². The Balaban J connectivity index is 1.68. The zero-order valence-electron chi connectivity index (χ0n) is 20.3. The summed E-state index contributed by atoms with van der Waals surface area (Å²) in [6.07, 6.45) is 2.86. The van der Waals surface area contributed by atoms with Crippen LogP contribution in [0.4, 0.5) is 5.69 Å². The van der Waals surface area contributed by atoms with Crippen LogP contribution in [-0.2, 0) is 13.0 Å². The molecule has 0 saturated carbocycles. The molecule has 0 spiro atoms. The predicted octanol–water partition coefficient (Wildman–Crippen LogP) is 6.91. The highest BCUT2D eigenvalue weighted by molar-refractivity contribution is 9.10. The van der Waals surface area contributed by atoms with E-state index < -0.39 is 4.92 Å². The van der Waals surface area contributed by atoms with Gasteiger partial charge in [0.15, 0.2) is 11.5 Å². The Kier molecular flexibility index (Phi) is 8.80. The number of hydrogen-bond acceptors (Lipinski definition) is 7. The lowest BCUT2D eigenvalue weighted by Gasteiger charge is -2.15. The van der Waals surface area contributed by atoms with Crippen molar-refractivity contribution in [1.29, 1.82) is 0 Å². The van der Waals surface area contributed by atoms with Crippen LogP contribution in [0.2, 0.25) is 5.02 Å². The Bertz CT molecular complexity index is 1610. The van der Waals surface area contributed by atoms with Crippen molar-refractivity contribution in [1.82, 2.24) is 9.66 Å². The number of hydrogen-bond donors (Lipinski definition) is 0. The summed E-state index contributed by atoms with van der Waals surface area (Å²) in [4.78, 5) is 28.3. The Morgan fingerprint density at radius 1 is 1.18 bits per heavy atom. The average Bonchev–Trinajstić information content (AvgIpc) is 2.90. The summed E-state index contributed by atoms with van der Waals surface area (Å²) in [6, 6.07) is 13.1. The van der Waals surface area contributed by atoms with E-state index in [-0.39, 0.29) is 28.6 Å². The molecule has 0 N–H and O–H groups in total. The highest BCUT2D eigenvalue weighted by Crippen LogP contribution is 2.42. The van der Waals surface area contributed by atoms with E-state index in [4.69, 9.17) is 21.1 Å². The third-order valence-electron chi connectivity index (χ3n) is 5.57. The number of nitro groups is 1. The molecule has 0 aliphatic heterocycles. The molecule has 0 fully saturated rings. The minimum absolute atomic E-state index is 0.00815.